The number of halogens is 3. The van der Waals surface area contributed by atoms with Gasteiger partial charge in [0.25, 0.3) is 0 Å². The molecule has 1 aromatic heterocycles. The predicted octanol–water partition coefficient (Wildman–Crippen LogP) is 3.56. The van der Waals surface area contributed by atoms with Gasteiger partial charge in [0, 0.05) is 6.04 Å². The van der Waals surface area contributed by atoms with Crippen LogP contribution in [0.15, 0.2) is 23.4 Å². The van der Waals surface area contributed by atoms with E-state index in [1.807, 2.05) is 32.0 Å². The zero-order valence-electron chi connectivity index (χ0n) is 15.9. The topological polar surface area (TPSA) is 63.9 Å². The van der Waals surface area contributed by atoms with Crippen molar-refractivity contribution >= 4 is 17.7 Å². The van der Waals surface area contributed by atoms with Gasteiger partial charge in [0.05, 0.1) is 11.4 Å². The van der Waals surface area contributed by atoms with Gasteiger partial charge in [-0.05, 0) is 67.2 Å². The Labute approximate surface area is 165 Å². The van der Waals surface area contributed by atoms with Gasteiger partial charge < -0.3 is 4.90 Å². The van der Waals surface area contributed by atoms with E-state index in [0.717, 1.165) is 46.3 Å². The van der Waals surface area contributed by atoms with Crippen LogP contribution in [0.5, 0.6) is 0 Å². The number of carbonyl (C=O) groups is 1. The lowest BCUT2D eigenvalue weighted by Gasteiger charge is -2.30. The number of nitrogens with zero attached hydrogens (tertiary/aromatic N) is 5. The maximum Gasteiger partial charge on any atom is 0.406 e. The van der Waals surface area contributed by atoms with Crippen LogP contribution < -0.4 is 0 Å². The number of benzene rings is 1. The largest absolute Gasteiger partial charge is 0.406 e. The van der Waals surface area contributed by atoms with Crippen molar-refractivity contribution in [2.75, 3.05) is 12.3 Å². The molecular formula is C18H22F3N5OS. The van der Waals surface area contributed by atoms with E-state index < -0.39 is 24.7 Å². The fourth-order valence-electron chi connectivity index (χ4n) is 3.06. The highest BCUT2D eigenvalue weighted by molar-refractivity contribution is 7.99. The van der Waals surface area contributed by atoms with Gasteiger partial charge >= 0.3 is 6.18 Å². The van der Waals surface area contributed by atoms with Gasteiger partial charge in [-0.2, -0.15) is 17.9 Å². The lowest BCUT2D eigenvalue weighted by Crippen LogP contribution is -2.46. The second-order valence-corrected chi connectivity index (χ2v) is 8.11. The first-order chi connectivity index (χ1) is 13.2. The van der Waals surface area contributed by atoms with Crippen LogP contribution in [0.1, 0.15) is 30.9 Å². The average Bonchev–Trinajstić information content (AvgIpc) is 3.37. The number of amides is 1. The fraction of sp³-hybridized carbons (Fsp3) is 0.556. The van der Waals surface area contributed by atoms with E-state index in [4.69, 9.17) is 0 Å². The van der Waals surface area contributed by atoms with Gasteiger partial charge in [0.15, 0.2) is 0 Å². The number of aryl methyl sites for hydroxylation is 2. The van der Waals surface area contributed by atoms with E-state index in [1.54, 1.807) is 6.92 Å². The predicted molar refractivity (Wildman–Crippen MR) is 99.3 cm³/mol. The van der Waals surface area contributed by atoms with E-state index in [-0.39, 0.29) is 11.7 Å². The highest BCUT2D eigenvalue weighted by atomic mass is 32.2. The molecule has 1 aliphatic carbocycles. The third kappa shape index (κ3) is 5.03. The maximum atomic E-state index is 13.0. The standard InChI is InChI=1S/C18H22F3N5OS/c1-11-4-5-12(2)15(8-11)26-17(22-23-24-26)28-9-16(27)25(10-18(19,20)21)13(3)14-6-7-14/h4-5,8,13-14H,6-7,9-10H2,1-3H3/t13-/m0/s1. The molecule has 0 saturated heterocycles. The molecule has 1 heterocycles. The summed E-state index contributed by atoms with van der Waals surface area (Å²) in [5.74, 6) is -0.563. The molecule has 1 fully saturated rings. The van der Waals surface area contributed by atoms with Crippen LogP contribution in [0.3, 0.4) is 0 Å². The summed E-state index contributed by atoms with van der Waals surface area (Å²) >= 11 is 1.04. The molecule has 0 unspecified atom stereocenters. The molecule has 1 aromatic carbocycles. The van der Waals surface area contributed by atoms with Crippen LogP contribution in [0.4, 0.5) is 13.2 Å². The number of hydrogen-bond donors (Lipinski definition) is 0. The summed E-state index contributed by atoms with van der Waals surface area (Å²) in [4.78, 5) is 13.5. The number of rotatable bonds is 7. The number of aromatic nitrogens is 4. The Morgan fingerprint density at radius 1 is 1.36 bits per heavy atom. The summed E-state index contributed by atoms with van der Waals surface area (Å²) in [5, 5.41) is 11.9. The molecule has 0 bridgehead atoms. The Bertz CT molecular complexity index is 850. The van der Waals surface area contributed by atoms with Crippen LogP contribution in [-0.2, 0) is 4.79 Å². The van der Waals surface area contributed by atoms with Crippen molar-refractivity contribution in [3.8, 4) is 5.69 Å². The Hall–Kier alpha value is -2.10. The molecule has 0 radical (unpaired) electrons. The highest BCUT2D eigenvalue weighted by Gasteiger charge is 2.40. The smallest absolute Gasteiger partial charge is 0.330 e. The lowest BCUT2D eigenvalue weighted by molar-refractivity contribution is -0.164. The van der Waals surface area contributed by atoms with Gasteiger partial charge in [0.1, 0.15) is 6.54 Å². The van der Waals surface area contributed by atoms with Gasteiger partial charge in [-0.15, -0.1) is 5.10 Å². The van der Waals surface area contributed by atoms with Gasteiger partial charge in [-0.3, -0.25) is 4.79 Å². The number of carbonyl (C=O) groups excluding carboxylic acids is 1. The fourth-order valence-corrected chi connectivity index (χ4v) is 3.83. The molecular weight excluding hydrogens is 391 g/mol. The van der Waals surface area contributed by atoms with E-state index in [1.165, 1.54) is 4.68 Å². The van der Waals surface area contributed by atoms with E-state index in [0.29, 0.717) is 5.16 Å². The first-order valence-electron chi connectivity index (χ1n) is 9.01. The third-order valence-electron chi connectivity index (χ3n) is 4.82. The van der Waals surface area contributed by atoms with Crippen LogP contribution >= 0.6 is 11.8 Å². The van der Waals surface area contributed by atoms with Crippen molar-refractivity contribution in [1.29, 1.82) is 0 Å². The van der Waals surface area contributed by atoms with E-state index >= 15 is 0 Å². The monoisotopic (exact) mass is 413 g/mol. The molecule has 10 heteroatoms. The molecule has 1 aliphatic rings. The molecule has 28 heavy (non-hydrogen) atoms. The molecule has 1 atom stereocenters. The minimum absolute atomic E-state index is 0.150. The average molecular weight is 413 g/mol. The van der Waals surface area contributed by atoms with Crippen LogP contribution in [0.2, 0.25) is 0 Å². The molecule has 6 nitrogen and oxygen atoms in total. The minimum atomic E-state index is -4.43. The van der Waals surface area contributed by atoms with Crippen LogP contribution in [0.25, 0.3) is 5.69 Å². The Balaban J connectivity index is 1.73. The normalized spacial score (nSPS) is 15.5. The second-order valence-electron chi connectivity index (χ2n) is 7.17. The Morgan fingerprint density at radius 3 is 2.71 bits per heavy atom. The summed E-state index contributed by atoms with van der Waals surface area (Å²) in [6.45, 7) is 4.31. The van der Waals surface area contributed by atoms with Gasteiger partial charge in [-0.1, -0.05) is 23.9 Å². The van der Waals surface area contributed by atoms with E-state index in [9.17, 15) is 18.0 Å². The SMILES string of the molecule is Cc1ccc(C)c(-n2nnnc2SCC(=O)N(CC(F)(F)F)[C@@H](C)C2CC2)c1. The number of alkyl halides is 3. The minimum Gasteiger partial charge on any atom is -0.330 e. The van der Waals surface area contributed by atoms with Crippen molar-refractivity contribution in [3.63, 3.8) is 0 Å². The van der Waals surface area contributed by atoms with Gasteiger partial charge in [-0.25, -0.2) is 0 Å². The van der Waals surface area contributed by atoms with Crippen molar-refractivity contribution < 1.29 is 18.0 Å². The second kappa shape index (κ2) is 8.10. The quantitative estimate of drug-likeness (QED) is 0.650. The number of hydrogen-bond acceptors (Lipinski definition) is 5. The van der Waals surface area contributed by atoms with Crippen molar-refractivity contribution in [1.82, 2.24) is 25.1 Å². The Morgan fingerprint density at radius 2 is 2.07 bits per heavy atom. The summed E-state index contributed by atoms with van der Waals surface area (Å²) < 4.78 is 40.4. The Kier molecular flexibility index (Phi) is 5.97. The van der Waals surface area contributed by atoms with Crippen molar-refractivity contribution in [2.24, 2.45) is 5.92 Å². The summed E-state index contributed by atoms with van der Waals surface area (Å²) in [6.07, 6.45) is -2.70. The molecule has 2 aromatic rings. The van der Waals surface area contributed by atoms with Crippen molar-refractivity contribution in [3.05, 3.63) is 29.3 Å². The first-order valence-corrected chi connectivity index (χ1v) is 9.99. The summed E-state index contributed by atoms with van der Waals surface area (Å²) in [7, 11) is 0. The van der Waals surface area contributed by atoms with Gasteiger partial charge in [0.2, 0.25) is 11.1 Å². The zero-order valence-corrected chi connectivity index (χ0v) is 16.7. The third-order valence-corrected chi connectivity index (χ3v) is 5.73. The summed E-state index contributed by atoms with van der Waals surface area (Å²) in [5.41, 5.74) is 2.75. The molecule has 1 saturated carbocycles. The molecule has 0 N–H and O–H groups in total. The number of tetrazole rings is 1. The molecule has 3 rings (SSSR count). The highest BCUT2D eigenvalue weighted by Crippen LogP contribution is 2.36. The van der Waals surface area contributed by atoms with Crippen molar-refractivity contribution in [2.45, 2.75) is 51.0 Å². The maximum absolute atomic E-state index is 13.0. The molecule has 0 spiro atoms. The zero-order chi connectivity index (χ0) is 20.5. The first kappa shape index (κ1) is 20.6. The van der Waals surface area contributed by atoms with Crippen LogP contribution in [-0.4, -0.2) is 55.5 Å². The van der Waals surface area contributed by atoms with Crippen LogP contribution in [0, 0.1) is 19.8 Å². The van der Waals surface area contributed by atoms with E-state index in [2.05, 4.69) is 15.5 Å². The molecule has 0 aliphatic heterocycles. The molecule has 1 amide bonds. The summed E-state index contributed by atoms with van der Waals surface area (Å²) in [6, 6.07) is 5.40. The molecule has 152 valence electrons. The number of thioether (sulfide) groups is 1. The lowest BCUT2D eigenvalue weighted by atomic mass is 10.1.